The summed E-state index contributed by atoms with van der Waals surface area (Å²) in [4.78, 5) is 14.0. The molecule has 1 aliphatic rings. The number of likely N-dealkylation sites (tertiary alicyclic amines) is 1. The van der Waals surface area contributed by atoms with Gasteiger partial charge in [-0.15, -0.1) is 0 Å². The molecule has 1 aliphatic heterocycles. The smallest absolute Gasteiger partial charge is 0.239 e. The van der Waals surface area contributed by atoms with Gasteiger partial charge in [-0.1, -0.05) is 43.7 Å². The van der Waals surface area contributed by atoms with Crippen LogP contribution in [0, 0.1) is 0 Å². The number of nitrogens with zero attached hydrogens (tertiary/aromatic N) is 1. The Morgan fingerprint density at radius 2 is 2.17 bits per heavy atom. The van der Waals surface area contributed by atoms with E-state index in [0.717, 1.165) is 32.4 Å². The Kier molecular flexibility index (Phi) is 4.37. The van der Waals surface area contributed by atoms with Crippen molar-refractivity contribution in [2.75, 3.05) is 13.1 Å². The van der Waals surface area contributed by atoms with Crippen molar-refractivity contribution in [3.63, 3.8) is 0 Å². The molecule has 0 radical (unpaired) electrons. The minimum Gasteiger partial charge on any atom is -0.341 e. The molecule has 2 atom stereocenters. The average Bonchev–Trinajstić information content (AvgIpc) is 2.89. The van der Waals surface area contributed by atoms with Gasteiger partial charge in [0.2, 0.25) is 5.91 Å². The van der Waals surface area contributed by atoms with Crippen LogP contribution in [0.25, 0.3) is 0 Å². The number of nitrogens with two attached hydrogens (primary N) is 1. The van der Waals surface area contributed by atoms with Crippen LogP contribution in [0.1, 0.15) is 37.7 Å². The predicted octanol–water partition coefficient (Wildman–Crippen LogP) is 2.13. The summed E-state index contributed by atoms with van der Waals surface area (Å²) in [5, 5.41) is 0. The first-order chi connectivity index (χ1) is 8.72. The van der Waals surface area contributed by atoms with Crippen molar-refractivity contribution < 1.29 is 4.79 Å². The first kappa shape index (κ1) is 13.1. The molecule has 0 aromatic heterocycles. The number of carbonyl (C=O) groups excluding carboxylic acids is 1. The highest BCUT2D eigenvalue weighted by molar-refractivity contribution is 5.82. The summed E-state index contributed by atoms with van der Waals surface area (Å²) in [6.45, 7) is 3.72. The van der Waals surface area contributed by atoms with Gasteiger partial charge < -0.3 is 10.6 Å². The summed E-state index contributed by atoms with van der Waals surface area (Å²) < 4.78 is 0. The summed E-state index contributed by atoms with van der Waals surface area (Å²) in [6.07, 6.45) is 2.79. The van der Waals surface area contributed by atoms with Gasteiger partial charge in [0.25, 0.3) is 0 Å². The van der Waals surface area contributed by atoms with Crippen LogP contribution in [-0.4, -0.2) is 29.9 Å². The van der Waals surface area contributed by atoms with Gasteiger partial charge in [0.05, 0.1) is 6.04 Å². The summed E-state index contributed by atoms with van der Waals surface area (Å²) >= 11 is 0. The second kappa shape index (κ2) is 6.01. The van der Waals surface area contributed by atoms with Gasteiger partial charge in [0.1, 0.15) is 0 Å². The van der Waals surface area contributed by atoms with Crippen LogP contribution >= 0.6 is 0 Å². The number of amides is 1. The molecule has 2 unspecified atom stereocenters. The Bertz CT molecular complexity index is 391. The van der Waals surface area contributed by atoms with E-state index >= 15 is 0 Å². The van der Waals surface area contributed by atoms with Gasteiger partial charge in [-0.2, -0.15) is 0 Å². The van der Waals surface area contributed by atoms with E-state index in [4.69, 9.17) is 5.73 Å². The van der Waals surface area contributed by atoms with Crippen molar-refractivity contribution in [2.24, 2.45) is 5.73 Å². The zero-order chi connectivity index (χ0) is 13.0. The van der Waals surface area contributed by atoms with Gasteiger partial charge >= 0.3 is 0 Å². The van der Waals surface area contributed by atoms with Crippen LogP contribution in [0.2, 0.25) is 0 Å². The minimum absolute atomic E-state index is 0.121. The van der Waals surface area contributed by atoms with Crippen LogP contribution in [-0.2, 0) is 4.79 Å². The van der Waals surface area contributed by atoms with E-state index in [1.54, 1.807) is 0 Å². The molecule has 1 aromatic carbocycles. The zero-order valence-electron chi connectivity index (χ0n) is 11.0. The molecule has 0 spiro atoms. The van der Waals surface area contributed by atoms with Crippen molar-refractivity contribution in [1.82, 2.24) is 4.90 Å². The average molecular weight is 246 g/mol. The lowest BCUT2D eigenvalue weighted by Gasteiger charge is -2.20. The second-order valence-electron chi connectivity index (χ2n) is 5.08. The van der Waals surface area contributed by atoms with E-state index in [9.17, 15) is 4.79 Å². The normalized spacial score (nSPS) is 21.0. The van der Waals surface area contributed by atoms with Crippen molar-refractivity contribution in [1.29, 1.82) is 0 Å². The monoisotopic (exact) mass is 246 g/mol. The van der Waals surface area contributed by atoms with Gasteiger partial charge in [-0.05, 0) is 18.4 Å². The molecule has 1 fully saturated rings. The fourth-order valence-electron chi connectivity index (χ4n) is 2.63. The first-order valence-corrected chi connectivity index (χ1v) is 6.81. The topological polar surface area (TPSA) is 46.3 Å². The van der Waals surface area contributed by atoms with Gasteiger partial charge in [0.15, 0.2) is 0 Å². The van der Waals surface area contributed by atoms with Crippen molar-refractivity contribution in [3.8, 4) is 0 Å². The molecule has 1 saturated heterocycles. The molecular formula is C15H22N2O. The molecule has 3 nitrogen and oxygen atoms in total. The summed E-state index contributed by atoms with van der Waals surface area (Å²) in [7, 11) is 0. The molecular weight excluding hydrogens is 224 g/mol. The van der Waals surface area contributed by atoms with Crippen LogP contribution in [0.15, 0.2) is 30.3 Å². The fraction of sp³-hybridized carbons (Fsp3) is 0.533. The van der Waals surface area contributed by atoms with Gasteiger partial charge in [0, 0.05) is 19.0 Å². The second-order valence-corrected chi connectivity index (χ2v) is 5.08. The Labute approximate surface area is 109 Å². The van der Waals surface area contributed by atoms with E-state index in [1.807, 2.05) is 11.0 Å². The lowest BCUT2D eigenvalue weighted by molar-refractivity contribution is -0.131. The van der Waals surface area contributed by atoms with Crippen molar-refractivity contribution in [3.05, 3.63) is 35.9 Å². The van der Waals surface area contributed by atoms with Crippen LogP contribution in [0.5, 0.6) is 0 Å². The molecule has 2 N–H and O–H groups in total. The van der Waals surface area contributed by atoms with E-state index in [0.29, 0.717) is 5.92 Å². The third kappa shape index (κ3) is 2.91. The molecule has 3 heteroatoms. The summed E-state index contributed by atoms with van der Waals surface area (Å²) in [5.41, 5.74) is 7.23. The number of hydrogen-bond acceptors (Lipinski definition) is 2. The molecule has 1 aromatic rings. The first-order valence-electron chi connectivity index (χ1n) is 6.81. The van der Waals surface area contributed by atoms with Crippen LogP contribution in [0.3, 0.4) is 0 Å². The molecule has 0 aliphatic carbocycles. The maximum atomic E-state index is 12.1. The number of carbonyl (C=O) groups is 1. The Balaban J connectivity index is 1.94. The lowest BCUT2D eigenvalue weighted by Crippen LogP contribution is -2.42. The molecule has 18 heavy (non-hydrogen) atoms. The van der Waals surface area contributed by atoms with Crippen molar-refractivity contribution in [2.45, 2.75) is 38.1 Å². The maximum absolute atomic E-state index is 12.1. The zero-order valence-corrected chi connectivity index (χ0v) is 11.0. The Hall–Kier alpha value is -1.35. The number of hydrogen-bond donors (Lipinski definition) is 1. The minimum atomic E-state index is -0.315. The maximum Gasteiger partial charge on any atom is 0.239 e. The van der Waals surface area contributed by atoms with Crippen LogP contribution < -0.4 is 5.73 Å². The van der Waals surface area contributed by atoms with E-state index in [-0.39, 0.29) is 11.9 Å². The molecule has 1 amide bonds. The molecule has 2 rings (SSSR count). The lowest BCUT2D eigenvalue weighted by atomic mass is 9.99. The number of rotatable bonds is 4. The molecule has 98 valence electrons. The fourth-order valence-corrected chi connectivity index (χ4v) is 2.63. The largest absolute Gasteiger partial charge is 0.341 e. The molecule has 1 heterocycles. The Morgan fingerprint density at radius 1 is 1.44 bits per heavy atom. The number of benzene rings is 1. The highest BCUT2D eigenvalue weighted by Gasteiger charge is 2.29. The van der Waals surface area contributed by atoms with Crippen LogP contribution in [0.4, 0.5) is 0 Å². The highest BCUT2D eigenvalue weighted by atomic mass is 16.2. The standard InChI is InChI=1S/C15H22N2O/c1-2-6-14(16)15(18)17-10-9-13(11-17)12-7-4-3-5-8-12/h3-5,7-8,13-14H,2,6,9-11,16H2,1H3. The van der Waals surface area contributed by atoms with E-state index in [2.05, 4.69) is 31.2 Å². The summed E-state index contributed by atoms with van der Waals surface area (Å²) in [5.74, 6) is 0.597. The van der Waals surface area contributed by atoms with Crippen molar-refractivity contribution >= 4 is 5.91 Å². The van der Waals surface area contributed by atoms with Gasteiger partial charge in [-0.25, -0.2) is 0 Å². The highest BCUT2D eigenvalue weighted by Crippen LogP contribution is 2.27. The van der Waals surface area contributed by atoms with E-state index < -0.39 is 0 Å². The van der Waals surface area contributed by atoms with Gasteiger partial charge in [-0.3, -0.25) is 4.79 Å². The molecule has 0 bridgehead atoms. The Morgan fingerprint density at radius 3 is 2.83 bits per heavy atom. The quantitative estimate of drug-likeness (QED) is 0.884. The third-order valence-electron chi connectivity index (χ3n) is 3.69. The third-order valence-corrected chi connectivity index (χ3v) is 3.69. The summed E-state index contributed by atoms with van der Waals surface area (Å²) in [6, 6.07) is 10.1. The molecule has 0 saturated carbocycles. The van der Waals surface area contributed by atoms with E-state index in [1.165, 1.54) is 5.56 Å². The SMILES string of the molecule is CCCC(N)C(=O)N1CCC(c2ccccc2)C1. The predicted molar refractivity (Wildman–Crippen MR) is 73.3 cm³/mol.